The maximum absolute atomic E-state index is 12.2. The molecule has 1 aromatic carbocycles. The van der Waals surface area contributed by atoms with E-state index in [0.717, 1.165) is 36.9 Å². The van der Waals surface area contributed by atoms with Crippen LogP contribution in [0.5, 0.6) is 11.5 Å². The number of hydrogen-bond acceptors (Lipinski definition) is 6. The van der Waals surface area contributed by atoms with E-state index in [2.05, 4.69) is 15.3 Å². The number of carbonyl (C=O) groups is 1. The van der Waals surface area contributed by atoms with Crippen LogP contribution in [0.3, 0.4) is 0 Å². The van der Waals surface area contributed by atoms with Crippen molar-refractivity contribution in [2.24, 2.45) is 0 Å². The van der Waals surface area contributed by atoms with Gasteiger partial charge >= 0.3 is 5.69 Å². The number of ether oxygens (including phenoxy) is 2. The number of nitrogens with one attached hydrogen (secondary N) is 2. The number of H-pyrrole nitrogens is 1. The predicted octanol–water partition coefficient (Wildman–Crippen LogP) is 2.11. The molecule has 0 saturated heterocycles. The van der Waals surface area contributed by atoms with Crippen molar-refractivity contribution in [2.75, 3.05) is 17.9 Å². The van der Waals surface area contributed by atoms with E-state index in [1.54, 1.807) is 18.2 Å². The van der Waals surface area contributed by atoms with Crippen molar-refractivity contribution >= 4 is 23.4 Å². The molecule has 0 bridgehead atoms. The van der Waals surface area contributed by atoms with Gasteiger partial charge in [-0.05, 0) is 37.8 Å². The first-order valence-corrected chi connectivity index (χ1v) is 9.12. The molecule has 8 heteroatoms. The zero-order valence-electron chi connectivity index (χ0n) is 13.5. The van der Waals surface area contributed by atoms with Gasteiger partial charge in [-0.1, -0.05) is 11.8 Å². The lowest BCUT2D eigenvalue weighted by Crippen LogP contribution is -2.20. The summed E-state index contributed by atoms with van der Waals surface area (Å²) in [7, 11) is 0. The van der Waals surface area contributed by atoms with Crippen LogP contribution in [0, 0.1) is 0 Å². The molecule has 2 N–H and O–H groups in total. The van der Waals surface area contributed by atoms with Gasteiger partial charge in [-0.15, -0.1) is 0 Å². The first-order chi connectivity index (χ1) is 12.2. The first-order valence-electron chi connectivity index (χ1n) is 8.13. The van der Waals surface area contributed by atoms with Gasteiger partial charge in [0.15, 0.2) is 11.5 Å². The molecular formula is C17H17N3O4S. The lowest BCUT2D eigenvalue weighted by atomic mass is 9.98. The SMILES string of the molecule is O=C(CSc1nc(=O)[nH]c2c1CCCC2)Nc1ccc2c(c1)OCO2. The minimum absolute atomic E-state index is 0.157. The molecule has 1 aliphatic carbocycles. The maximum atomic E-state index is 12.2. The number of hydrogen-bond donors (Lipinski definition) is 2. The number of amides is 1. The molecule has 0 saturated carbocycles. The minimum Gasteiger partial charge on any atom is -0.454 e. The summed E-state index contributed by atoms with van der Waals surface area (Å²) >= 11 is 1.30. The summed E-state index contributed by atoms with van der Waals surface area (Å²) in [6.45, 7) is 0.196. The summed E-state index contributed by atoms with van der Waals surface area (Å²) in [6.07, 6.45) is 3.91. The van der Waals surface area contributed by atoms with Crippen molar-refractivity contribution in [3.05, 3.63) is 39.9 Å². The van der Waals surface area contributed by atoms with Crippen molar-refractivity contribution < 1.29 is 14.3 Å². The molecule has 2 aromatic rings. The molecule has 0 unspecified atom stereocenters. The molecule has 0 fully saturated rings. The molecule has 1 aliphatic heterocycles. The van der Waals surface area contributed by atoms with Crippen LogP contribution >= 0.6 is 11.8 Å². The number of aromatic amines is 1. The number of anilines is 1. The van der Waals surface area contributed by atoms with Crippen LogP contribution in [0.15, 0.2) is 28.0 Å². The van der Waals surface area contributed by atoms with Crippen molar-refractivity contribution in [1.82, 2.24) is 9.97 Å². The lowest BCUT2D eigenvalue weighted by Gasteiger charge is -2.17. The van der Waals surface area contributed by atoms with E-state index < -0.39 is 0 Å². The molecule has 0 radical (unpaired) electrons. The third kappa shape index (κ3) is 3.48. The fourth-order valence-electron chi connectivity index (χ4n) is 3.02. The molecule has 2 aliphatic rings. The van der Waals surface area contributed by atoms with Gasteiger partial charge in [-0.25, -0.2) is 4.79 Å². The lowest BCUT2D eigenvalue weighted by molar-refractivity contribution is -0.113. The van der Waals surface area contributed by atoms with Gasteiger partial charge in [0.1, 0.15) is 5.03 Å². The fraction of sp³-hybridized carbons (Fsp3) is 0.353. The summed E-state index contributed by atoms with van der Waals surface area (Å²) in [5, 5.41) is 3.49. The average Bonchev–Trinajstić information content (AvgIpc) is 3.07. The molecular weight excluding hydrogens is 342 g/mol. The maximum Gasteiger partial charge on any atom is 0.346 e. The second kappa shape index (κ2) is 6.79. The molecule has 1 aromatic heterocycles. The smallest absolute Gasteiger partial charge is 0.346 e. The molecule has 2 heterocycles. The van der Waals surface area contributed by atoms with Crippen molar-refractivity contribution in [2.45, 2.75) is 30.7 Å². The third-order valence-electron chi connectivity index (χ3n) is 4.18. The number of aryl methyl sites for hydroxylation is 1. The number of carbonyl (C=O) groups excluding carboxylic acids is 1. The van der Waals surface area contributed by atoms with Crippen molar-refractivity contribution in [1.29, 1.82) is 0 Å². The Labute approximate surface area is 148 Å². The van der Waals surface area contributed by atoms with Crippen LogP contribution in [-0.4, -0.2) is 28.4 Å². The highest BCUT2D eigenvalue weighted by Gasteiger charge is 2.18. The van der Waals surface area contributed by atoms with Gasteiger partial charge in [-0.3, -0.25) is 4.79 Å². The van der Waals surface area contributed by atoms with Crippen LogP contribution < -0.4 is 20.5 Å². The van der Waals surface area contributed by atoms with E-state index in [1.807, 2.05) is 0 Å². The van der Waals surface area contributed by atoms with E-state index in [1.165, 1.54) is 11.8 Å². The zero-order valence-corrected chi connectivity index (χ0v) is 14.3. The first kappa shape index (κ1) is 16.0. The highest BCUT2D eigenvalue weighted by atomic mass is 32.2. The Morgan fingerprint density at radius 1 is 1.24 bits per heavy atom. The van der Waals surface area contributed by atoms with Gasteiger partial charge in [0, 0.05) is 23.0 Å². The number of thioether (sulfide) groups is 1. The van der Waals surface area contributed by atoms with E-state index in [9.17, 15) is 9.59 Å². The van der Waals surface area contributed by atoms with Crippen LogP contribution in [0.1, 0.15) is 24.1 Å². The van der Waals surface area contributed by atoms with Crippen LogP contribution in [-0.2, 0) is 17.6 Å². The third-order valence-corrected chi connectivity index (χ3v) is 5.20. The Bertz CT molecular complexity index is 881. The standard InChI is InChI=1S/C17H17N3O4S/c21-15(18-10-5-6-13-14(7-10)24-9-23-13)8-25-16-11-3-1-2-4-12(11)19-17(22)20-16/h5-7H,1-4,8-9H2,(H,18,21)(H,19,20,22). The topological polar surface area (TPSA) is 93.3 Å². The Balaban J connectivity index is 1.42. The van der Waals surface area contributed by atoms with Crippen LogP contribution in [0.4, 0.5) is 5.69 Å². The molecule has 130 valence electrons. The Hall–Kier alpha value is -2.48. The molecule has 0 spiro atoms. The summed E-state index contributed by atoms with van der Waals surface area (Å²) in [5.41, 5.74) is 2.34. The van der Waals surface area contributed by atoms with Crippen LogP contribution in [0.25, 0.3) is 0 Å². The summed E-state index contributed by atoms with van der Waals surface area (Å²) < 4.78 is 10.5. The Kier molecular flexibility index (Phi) is 4.35. The molecule has 4 rings (SSSR count). The summed E-state index contributed by atoms with van der Waals surface area (Å²) in [4.78, 5) is 30.8. The second-order valence-corrected chi connectivity index (χ2v) is 6.88. The minimum atomic E-state index is -0.348. The average molecular weight is 359 g/mol. The van der Waals surface area contributed by atoms with Gasteiger partial charge in [0.05, 0.1) is 5.75 Å². The fourth-order valence-corrected chi connectivity index (χ4v) is 3.91. The summed E-state index contributed by atoms with van der Waals surface area (Å²) in [5.74, 6) is 1.33. The van der Waals surface area contributed by atoms with Crippen molar-refractivity contribution in [3.63, 3.8) is 0 Å². The van der Waals surface area contributed by atoms with E-state index in [-0.39, 0.29) is 24.1 Å². The number of aromatic nitrogens is 2. The summed E-state index contributed by atoms with van der Waals surface area (Å²) in [6, 6.07) is 5.27. The van der Waals surface area contributed by atoms with Crippen LogP contribution in [0.2, 0.25) is 0 Å². The van der Waals surface area contributed by atoms with E-state index >= 15 is 0 Å². The van der Waals surface area contributed by atoms with Gasteiger partial charge < -0.3 is 19.8 Å². The largest absolute Gasteiger partial charge is 0.454 e. The Morgan fingerprint density at radius 2 is 2.08 bits per heavy atom. The van der Waals surface area contributed by atoms with Gasteiger partial charge in [-0.2, -0.15) is 4.98 Å². The number of rotatable bonds is 4. The van der Waals surface area contributed by atoms with Gasteiger partial charge in [0.25, 0.3) is 0 Å². The quantitative estimate of drug-likeness (QED) is 0.641. The highest BCUT2D eigenvalue weighted by Crippen LogP contribution is 2.34. The zero-order chi connectivity index (χ0) is 17.2. The molecule has 25 heavy (non-hydrogen) atoms. The molecule has 1 amide bonds. The molecule has 7 nitrogen and oxygen atoms in total. The number of fused-ring (bicyclic) bond motifs is 2. The monoisotopic (exact) mass is 359 g/mol. The van der Waals surface area contributed by atoms with E-state index in [0.29, 0.717) is 22.2 Å². The van der Waals surface area contributed by atoms with Crippen molar-refractivity contribution in [3.8, 4) is 11.5 Å². The van der Waals surface area contributed by atoms with E-state index in [4.69, 9.17) is 9.47 Å². The normalized spacial score (nSPS) is 14.9. The Morgan fingerprint density at radius 3 is 3.00 bits per heavy atom. The van der Waals surface area contributed by atoms with Gasteiger partial charge in [0.2, 0.25) is 12.7 Å². The number of benzene rings is 1. The second-order valence-electron chi connectivity index (χ2n) is 5.92. The molecule has 0 atom stereocenters. The predicted molar refractivity (Wildman–Crippen MR) is 93.4 cm³/mol. The number of nitrogens with zero attached hydrogens (tertiary/aromatic N) is 1. The highest BCUT2D eigenvalue weighted by molar-refractivity contribution is 8.00.